The van der Waals surface area contributed by atoms with Crippen LogP contribution in [-0.4, -0.2) is 21.0 Å². The molecule has 112 valence electrons. The molecule has 22 heavy (non-hydrogen) atoms. The number of hydrogen-bond donors (Lipinski definition) is 0. The molecule has 3 aromatic rings. The zero-order valence-electron chi connectivity index (χ0n) is 12.4. The molecule has 2 aromatic heterocycles. The van der Waals surface area contributed by atoms with E-state index < -0.39 is 0 Å². The molecule has 2 heterocycles. The van der Waals surface area contributed by atoms with Crippen molar-refractivity contribution in [2.75, 3.05) is 0 Å². The Bertz CT molecular complexity index is 796. The van der Waals surface area contributed by atoms with Crippen molar-refractivity contribution < 1.29 is 4.79 Å². The minimum Gasteiger partial charge on any atom is -0.293 e. The van der Waals surface area contributed by atoms with Gasteiger partial charge in [-0.1, -0.05) is 43.0 Å². The molecule has 0 radical (unpaired) electrons. The van der Waals surface area contributed by atoms with Crippen molar-refractivity contribution in [3.05, 3.63) is 53.2 Å². The van der Waals surface area contributed by atoms with Gasteiger partial charge in [0.05, 0.1) is 5.25 Å². The van der Waals surface area contributed by atoms with Crippen LogP contribution in [0.25, 0.3) is 10.2 Å². The highest BCUT2D eigenvalue weighted by Gasteiger charge is 2.18. The Labute approximate surface area is 137 Å². The van der Waals surface area contributed by atoms with Crippen molar-refractivity contribution in [3.63, 3.8) is 0 Å². The van der Waals surface area contributed by atoms with Crippen molar-refractivity contribution in [3.8, 4) is 0 Å². The molecular formula is C17H16N2OS2. The van der Waals surface area contributed by atoms with Crippen LogP contribution in [0.4, 0.5) is 0 Å². The number of carbonyl (C=O) groups is 1. The van der Waals surface area contributed by atoms with Crippen LogP contribution in [0.5, 0.6) is 0 Å². The first-order chi connectivity index (χ1) is 10.7. The van der Waals surface area contributed by atoms with E-state index >= 15 is 0 Å². The van der Waals surface area contributed by atoms with E-state index in [1.54, 1.807) is 17.7 Å². The molecule has 0 aliphatic carbocycles. The summed E-state index contributed by atoms with van der Waals surface area (Å²) in [6.45, 7) is 4.04. The van der Waals surface area contributed by atoms with Gasteiger partial charge < -0.3 is 0 Å². The average molecular weight is 328 g/mol. The molecule has 3 nitrogen and oxygen atoms in total. The molecule has 0 fully saturated rings. The lowest BCUT2D eigenvalue weighted by atomic mass is 10.1. The summed E-state index contributed by atoms with van der Waals surface area (Å²) in [5.74, 6) is 0.134. The average Bonchev–Trinajstić information content (AvgIpc) is 3.04. The number of Topliss-reactive ketones (excluding diaryl/α,β-unsaturated/α-hetero) is 1. The van der Waals surface area contributed by atoms with Gasteiger partial charge in [0.1, 0.15) is 16.2 Å². The van der Waals surface area contributed by atoms with E-state index in [0.29, 0.717) is 0 Å². The molecule has 0 N–H and O–H groups in total. The number of hydrogen-bond acceptors (Lipinski definition) is 5. The fourth-order valence-corrected chi connectivity index (χ4v) is 4.00. The minimum atomic E-state index is -0.175. The van der Waals surface area contributed by atoms with Crippen LogP contribution in [0, 0.1) is 0 Å². The largest absolute Gasteiger partial charge is 0.293 e. The third kappa shape index (κ3) is 3.05. The maximum Gasteiger partial charge on any atom is 0.175 e. The molecule has 1 atom stereocenters. The number of aromatic nitrogens is 2. The zero-order valence-corrected chi connectivity index (χ0v) is 14.1. The number of rotatable bonds is 5. The Morgan fingerprint density at radius 3 is 2.73 bits per heavy atom. The number of aryl methyl sites for hydroxylation is 1. The third-order valence-electron chi connectivity index (χ3n) is 3.53. The Balaban J connectivity index is 1.79. The smallest absolute Gasteiger partial charge is 0.175 e. The van der Waals surface area contributed by atoms with Crippen LogP contribution in [0.1, 0.15) is 29.8 Å². The van der Waals surface area contributed by atoms with Crippen LogP contribution in [0.2, 0.25) is 0 Å². The van der Waals surface area contributed by atoms with E-state index in [0.717, 1.165) is 27.2 Å². The van der Waals surface area contributed by atoms with Gasteiger partial charge in [0.25, 0.3) is 0 Å². The van der Waals surface area contributed by atoms with Gasteiger partial charge in [0.2, 0.25) is 0 Å². The topological polar surface area (TPSA) is 42.9 Å². The van der Waals surface area contributed by atoms with Gasteiger partial charge in [-0.2, -0.15) is 0 Å². The van der Waals surface area contributed by atoms with E-state index in [2.05, 4.69) is 16.9 Å². The second-order valence-electron chi connectivity index (χ2n) is 4.99. The van der Waals surface area contributed by atoms with E-state index in [1.165, 1.54) is 17.3 Å². The fourth-order valence-electron chi connectivity index (χ4n) is 2.22. The zero-order chi connectivity index (χ0) is 15.5. The Kier molecular flexibility index (Phi) is 4.55. The predicted molar refractivity (Wildman–Crippen MR) is 92.9 cm³/mol. The van der Waals surface area contributed by atoms with Crippen molar-refractivity contribution in [1.29, 1.82) is 0 Å². The summed E-state index contributed by atoms with van der Waals surface area (Å²) in [5.41, 5.74) is 2.00. The Morgan fingerprint density at radius 1 is 1.23 bits per heavy atom. The molecule has 0 spiro atoms. The monoisotopic (exact) mass is 328 g/mol. The quantitative estimate of drug-likeness (QED) is 0.389. The maximum absolute atomic E-state index is 12.6. The second-order valence-corrected chi connectivity index (χ2v) is 7.22. The highest BCUT2D eigenvalue weighted by Crippen LogP contribution is 2.31. The summed E-state index contributed by atoms with van der Waals surface area (Å²) in [6.07, 6.45) is 2.55. The summed E-state index contributed by atoms with van der Waals surface area (Å²) >= 11 is 3.08. The molecular weight excluding hydrogens is 312 g/mol. The minimum absolute atomic E-state index is 0.134. The summed E-state index contributed by atoms with van der Waals surface area (Å²) in [7, 11) is 0. The van der Waals surface area contributed by atoms with Crippen molar-refractivity contribution in [2.45, 2.75) is 30.5 Å². The van der Waals surface area contributed by atoms with Crippen molar-refractivity contribution in [1.82, 2.24) is 9.97 Å². The molecule has 0 bridgehead atoms. The van der Waals surface area contributed by atoms with Gasteiger partial charge in [-0.05, 0) is 30.4 Å². The van der Waals surface area contributed by atoms with Crippen molar-refractivity contribution >= 4 is 39.1 Å². The first kappa shape index (κ1) is 15.2. The fraction of sp³-hybridized carbons (Fsp3) is 0.235. The van der Waals surface area contributed by atoms with Gasteiger partial charge in [0.15, 0.2) is 5.78 Å². The molecule has 0 saturated carbocycles. The van der Waals surface area contributed by atoms with Gasteiger partial charge in [-0.25, -0.2) is 9.97 Å². The van der Waals surface area contributed by atoms with E-state index in [1.807, 2.05) is 42.6 Å². The highest BCUT2D eigenvalue weighted by molar-refractivity contribution is 8.00. The van der Waals surface area contributed by atoms with Gasteiger partial charge >= 0.3 is 0 Å². The first-order valence-electron chi connectivity index (χ1n) is 7.17. The number of carbonyl (C=O) groups excluding carboxylic acids is 1. The van der Waals surface area contributed by atoms with Gasteiger partial charge in [-0.15, -0.1) is 11.3 Å². The lowest BCUT2D eigenvalue weighted by Gasteiger charge is -2.10. The molecule has 1 unspecified atom stereocenters. The third-order valence-corrected chi connectivity index (χ3v) is 5.47. The summed E-state index contributed by atoms with van der Waals surface area (Å²) in [5, 5.41) is 3.72. The summed E-state index contributed by atoms with van der Waals surface area (Å²) in [4.78, 5) is 22.1. The van der Waals surface area contributed by atoms with Crippen LogP contribution in [-0.2, 0) is 6.42 Å². The molecule has 0 aliphatic rings. The lowest BCUT2D eigenvalue weighted by molar-refractivity contribution is 0.0994. The van der Waals surface area contributed by atoms with Crippen molar-refractivity contribution in [2.24, 2.45) is 0 Å². The predicted octanol–water partition coefficient (Wildman–Crippen LogP) is 4.62. The summed E-state index contributed by atoms with van der Waals surface area (Å²) < 4.78 is 0. The number of fused-ring (bicyclic) bond motifs is 1. The van der Waals surface area contributed by atoms with Crippen LogP contribution >= 0.6 is 23.1 Å². The number of thiophene rings is 1. The van der Waals surface area contributed by atoms with Crippen LogP contribution in [0.3, 0.4) is 0 Å². The van der Waals surface area contributed by atoms with E-state index in [4.69, 9.17) is 0 Å². The molecule has 0 amide bonds. The van der Waals surface area contributed by atoms with E-state index in [9.17, 15) is 4.79 Å². The lowest BCUT2D eigenvalue weighted by Crippen LogP contribution is -2.13. The summed E-state index contributed by atoms with van der Waals surface area (Å²) in [6, 6.07) is 9.88. The number of nitrogens with zero attached hydrogens (tertiary/aromatic N) is 2. The molecule has 5 heteroatoms. The second kappa shape index (κ2) is 6.58. The van der Waals surface area contributed by atoms with Gasteiger partial charge in [-0.3, -0.25) is 4.79 Å². The highest BCUT2D eigenvalue weighted by atomic mass is 32.2. The molecule has 0 saturated heterocycles. The molecule has 1 aromatic carbocycles. The standard InChI is InChI=1S/C17H16N2OS2/c1-3-12-4-6-13(7-5-12)15(20)11(2)22-17-14-8-9-21-16(14)18-10-19-17/h4-11H,3H2,1-2H3. The maximum atomic E-state index is 12.6. The molecule has 0 aliphatic heterocycles. The number of thioether (sulfide) groups is 1. The number of benzene rings is 1. The number of ketones is 1. The SMILES string of the molecule is CCc1ccc(C(=O)C(C)Sc2ncnc3sccc23)cc1. The first-order valence-corrected chi connectivity index (χ1v) is 8.93. The Hall–Kier alpha value is -1.72. The van der Waals surface area contributed by atoms with Crippen LogP contribution in [0.15, 0.2) is 47.1 Å². The molecule has 3 rings (SSSR count). The normalized spacial score (nSPS) is 12.5. The Morgan fingerprint density at radius 2 is 2.00 bits per heavy atom. The van der Waals surface area contributed by atoms with Crippen LogP contribution < -0.4 is 0 Å². The van der Waals surface area contributed by atoms with E-state index in [-0.39, 0.29) is 11.0 Å². The van der Waals surface area contributed by atoms with Gasteiger partial charge in [0, 0.05) is 10.9 Å².